The lowest BCUT2D eigenvalue weighted by Crippen LogP contribution is -2.51. The molecule has 0 unspecified atom stereocenters. The van der Waals surface area contributed by atoms with E-state index in [4.69, 9.17) is 18.8 Å². The molecule has 0 aromatic heterocycles. The first-order chi connectivity index (χ1) is 13.5. The second-order valence-electron chi connectivity index (χ2n) is 9.71. The monoisotopic (exact) mass is 403 g/mol. The van der Waals surface area contributed by atoms with Crippen LogP contribution in [0.5, 0.6) is 5.75 Å². The zero-order valence-electron chi connectivity index (χ0n) is 18.6. The summed E-state index contributed by atoms with van der Waals surface area (Å²) in [6.07, 6.45) is 2.66. The Hall–Kier alpha value is -1.73. The molecule has 2 saturated heterocycles. The van der Waals surface area contributed by atoms with Gasteiger partial charge in [0.1, 0.15) is 18.0 Å². The first-order valence-electron chi connectivity index (χ1n) is 10.6. The van der Waals surface area contributed by atoms with Gasteiger partial charge in [0.25, 0.3) is 0 Å². The molecule has 2 fully saturated rings. The molecule has 160 valence electrons. The standard InChI is InChI=1S/C22H34BNO5/c1-16-14-22(5,6)29-23(28-16)17-9-11-19(12-10-17)26-15-18-8-7-13-24(18)20(25)27-21(2,3)4/h9-12,16,18H,7-8,13-15H2,1-6H3/t16-,18+/m0/s1. The van der Waals surface area contributed by atoms with E-state index < -0.39 is 5.60 Å². The molecular formula is C22H34BNO5. The highest BCUT2D eigenvalue weighted by Crippen LogP contribution is 2.26. The first kappa shape index (κ1) is 22.0. The van der Waals surface area contributed by atoms with Crippen molar-refractivity contribution in [3.05, 3.63) is 24.3 Å². The number of nitrogens with zero attached hydrogens (tertiary/aromatic N) is 1. The molecule has 0 radical (unpaired) electrons. The maximum atomic E-state index is 12.4. The number of hydrogen-bond acceptors (Lipinski definition) is 5. The minimum atomic E-state index is -0.490. The van der Waals surface area contributed by atoms with Crippen molar-refractivity contribution in [2.75, 3.05) is 13.2 Å². The number of hydrogen-bond donors (Lipinski definition) is 0. The van der Waals surface area contributed by atoms with Gasteiger partial charge in [0.05, 0.1) is 11.6 Å². The van der Waals surface area contributed by atoms with E-state index in [0.717, 1.165) is 30.5 Å². The highest BCUT2D eigenvalue weighted by Gasteiger charge is 2.38. The van der Waals surface area contributed by atoms with Crippen molar-refractivity contribution < 1.29 is 23.6 Å². The average molecular weight is 403 g/mol. The van der Waals surface area contributed by atoms with Gasteiger partial charge in [-0.05, 0) is 78.4 Å². The molecule has 1 amide bonds. The summed E-state index contributed by atoms with van der Waals surface area (Å²) in [7, 11) is -0.361. The number of benzene rings is 1. The van der Waals surface area contributed by atoms with Crippen LogP contribution in [0.25, 0.3) is 0 Å². The van der Waals surface area contributed by atoms with E-state index in [1.807, 2.05) is 45.0 Å². The van der Waals surface area contributed by atoms with Crippen LogP contribution in [-0.4, -0.2) is 54.6 Å². The number of likely N-dealkylation sites (tertiary alicyclic amines) is 1. The molecule has 2 atom stereocenters. The number of rotatable bonds is 4. The summed E-state index contributed by atoms with van der Waals surface area (Å²) in [5.41, 5.74) is 0.287. The molecule has 2 aliphatic heterocycles. The van der Waals surface area contributed by atoms with Gasteiger partial charge in [-0.2, -0.15) is 0 Å². The Labute approximate surface area is 175 Å². The van der Waals surface area contributed by atoms with E-state index in [2.05, 4.69) is 20.8 Å². The Bertz CT molecular complexity index is 700. The predicted molar refractivity (Wildman–Crippen MR) is 114 cm³/mol. The van der Waals surface area contributed by atoms with E-state index >= 15 is 0 Å². The highest BCUT2D eigenvalue weighted by molar-refractivity contribution is 6.61. The van der Waals surface area contributed by atoms with Crippen LogP contribution < -0.4 is 10.2 Å². The summed E-state index contributed by atoms with van der Waals surface area (Å²) in [5.74, 6) is 0.771. The Kier molecular flexibility index (Phi) is 6.49. The van der Waals surface area contributed by atoms with Crippen LogP contribution >= 0.6 is 0 Å². The molecule has 3 rings (SSSR count). The molecule has 0 aliphatic carbocycles. The number of ether oxygens (including phenoxy) is 2. The summed E-state index contributed by atoms with van der Waals surface area (Å²) in [6, 6.07) is 7.86. The molecule has 29 heavy (non-hydrogen) atoms. The molecule has 2 heterocycles. The Morgan fingerprint density at radius 2 is 1.97 bits per heavy atom. The summed E-state index contributed by atoms with van der Waals surface area (Å²) < 4.78 is 23.5. The lowest BCUT2D eigenvalue weighted by molar-refractivity contribution is -0.0230. The zero-order valence-corrected chi connectivity index (χ0v) is 18.6. The zero-order chi connectivity index (χ0) is 21.2. The molecule has 7 heteroatoms. The lowest BCUT2D eigenvalue weighted by atomic mass is 9.75. The fourth-order valence-electron chi connectivity index (χ4n) is 3.95. The predicted octanol–water partition coefficient (Wildman–Crippen LogP) is 3.76. The van der Waals surface area contributed by atoms with Crippen molar-refractivity contribution in [1.29, 1.82) is 0 Å². The SMILES string of the molecule is C[C@H]1CC(C)(C)OB(c2ccc(OC[C@H]3CCCN3C(=O)OC(C)(C)C)cc2)O1. The second-order valence-corrected chi connectivity index (χ2v) is 9.71. The summed E-state index contributed by atoms with van der Waals surface area (Å²) in [5, 5.41) is 0. The van der Waals surface area contributed by atoms with Crippen LogP contribution in [0.3, 0.4) is 0 Å². The quantitative estimate of drug-likeness (QED) is 0.717. The molecule has 0 saturated carbocycles. The van der Waals surface area contributed by atoms with Gasteiger partial charge in [-0.25, -0.2) is 4.79 Å². The normalized spacial score (nSPS) is 24.5. The largest absolute Gasteiger partial charge is 0.494 e. The molecule has 0 bridgehead atoms. The third-order valence-electron chi connectivity index (χ3n) is 5.16. The molecular weight excluding hydrogens is 369 g/mol. The molecule has 1 aromatic rings. The van der Waals surface area contributed by atoms with Gasteiger partial charge >= 0.3 is 13.2 Å². The second kappa shape index (κ2) is 8.56. The van der Waals surface area contributed by atoms with E-state index in [-0.39, 0.29) is 31.0 Å². The third kappa shape index (κ3) is 6.13. The van der Waals surface area contributed by atoms with E-state index in [9.17, 15) is 4.79 Å². The van der Waals surface area contributed by atoms with Crippen LogP contribution in [0.15, 0.2) is 24.3 Å². The van der Waals surface area contributed by atoms with Gasteiger partial charge in [-0.1, -0.05) is 12.1 Å². The van der Waals surface area contributed by atoms with Crippen molar-refractivity contribution >= 4 is 18.7 Å². The maximum Gasteiger partial charge on any atom is 0.494 e. The van der Waals surface area contributed by atoms with Crippen molar-refractivity contribution in [3.8, 4) is 5.75 Å². The average Bonchev–Trinajstić information content (AvgIpc) is 3.06. The minimum Gasteiger partial charge on any atom is -0.491 e. The van der Waals surface area contributed by atoms with Crippen LogP contribution in [0.2, 0.25) is 0 Å². The Morgan fingerprint density at radius 1 is 1.28 bits per heavy atom. The first-order valence-corrected chi connectivity index (χ1v) is 10.6. The highest BCUT2D eigenvalue weighted by atomic mass is 16.6. The fourth-order valence-corrected chi connectivity index (χ4v) is 3.95. The van der Waals surface area contributed by atoms with Gasteiger partial charge in [0.2, 0.25) is 0 Å². The van der Waals surface area contributed by atoms with Gasteiger partial charge in [0, 0.05) is 12.6 Å². The van der Waals surface area contributed by atoms with Gasteiger partial charge in [-0.15, -0.1) is 0 Å². The van der Waals surface area contributed by atoms with Crippen LogP contribution in [0, 0.1) is 0 Å². The maximum absolute atomic E-state index is 12.4. The number of amides is 1. The number of carbonyl (C=O) groups is 1. The van der Waals surface area contributed by atoms with Crippen molar-refractivity contribution in [3.63, 3.8) is 0 Å². The summed E-state index contributed by atoms with van der Waals surface area (Å²) in [6.45, 7) is 13.1. The minimum absolute atomic E-state index is 0.0381. The molecule has 0 spiro atoms. The van der Waals surface area contributed by atoms with Crippen molar-refractivity contribution in [1.82, 2.24) is 4.90 Å². The van der Waals surface area contributed by atoms with Gasteiger partial charge in [-0.3, -0.25) is 0 Å². The van der Waals surface area contributed by atoms with Crippen molar-refractivity contribution in [2.24, 2.45) is 0 Å². The smallest absolute Gasteiger partial charge is 0.491 e. The van der Waals surface area contributed by atoms with Crippen molar-refractivity contribution in [2.45, 2.75) is 84.2 Å². The molecule has 6 nitrogen and oxygen atoms in total. The van der Waals surface area contributed by atoms with Crippen LogP contribution in [-0.2, 0) is 14.0 Å². The van der Waals surface area contributed by atoms with Crippen LogP contribution in [0.1, 0.15) is 60.8 Å². The Balaban J connectivity index is 1.55. The Morgan fingerprint density at radius 3 is 2.59 bits per heavy atom. The van der Waals surface area contributed by atoms with Crippen LogP contribution in [0.4, 0.5) is 4.79 Å². The summed E-state index contributed by atoms with van der Waals surface area (Å²) >= 11 is 0. The lowest BCUT2D eigenvalue weighted by Gasteiger charge is -2.38. The fraction of sp³-hybridized carbons (Fsp3) is 0.682. The van der Waals surface area contributed by atoms with Gasteiger partial charge < -0.3 is 23.7 Å². The molecule has 2 aliphatic rings. The summed E-state index contributed by atoms with van der Waals surface area (Å²) in [4.78, 5) is 14.2. The van der Waals surface area contributed by atoms with E-state index in [0.29, 0.717) is 13.2 Å². The molecule has 1 aromatic carbocycles. The third-order valence-corrected chi connectivity index (χ3v) is 5.16. The topological polar surface area (TPSA) is 57.2 Å². The van der Waals surface area contributed by atoms with Gasteiger partial charge in [0.15, 0.2) is 0 Å². The van der Waals surface area contributed by atoms with E-state index in [1.165, 1.54) is 0 Å². The molecule has 0 N–H and O–H groups in total. The van der Waals surface area contributed by atoms with E-state index in [1.54, 1.807) is 4.90 Å². The number of carbonyl (C=O) groups excluding carboxylic acids is 1.